The van der Waals surface area contributed by atoms with Crippen molar-refractivity contribution < 1.29 is 52.7 Å². The maximum atomic E-state index is 12.2. The van der Waals surface area contributed by atoms with E-state index in [9.17, 15) is 67.1 Å². The van der Waals surface area contributed by atoms with Crippen molar-refractivity contribution in [3.63, 3.8) is 0 Å². The van der Waals surface area contributed by atoms with Crippen molar-refractivity contribution in [2.75, 3.05) is 0 Å². The molecule has 11 aromatic rings. The molecule has 15 rings (SSSR count). The molecule has 0 heterocycles. The van der Waals surface area contributed by atoms with E-state index in [0.717, 1.165) is 111 Å². The molecule has 0 atom stereocenters. The molecule has 0 amide bonds. The van der Waals surface area contributed by atoms with Crippen molar-refractivity contribution >= 4 is 103 Å². The highest BCUT2D eigenvalue weighted by molar-refractivity contribution is 7.08. The third kappa shape index (κ3) is 18.7. The number of ketones is 11. The SMILES string of the molecule is O=C1C(=O)C(=O)C(=O)C1=O.[C-]#[N+]/C(C#N)=c1\c(=O)c(=O)/c(=C(/C#N)[N+]#[C-])c1=O.[C-]#[N+]C(C#N)=C1C(=O)C(=C(/C#N)[N+]#[C-])/C(=C(/C#N)[N+]#[C-])C1=O.[C-]#[N+]C(C#N)=C1C(=O)C(=O)C(=O)C1=O.c1ccc(C(=C2C(=C(c3ccccc3)c3ccccc3)C(=C(c3ccccc3)c3ccccc3)C(=C(c3ccccc3)c3ccccc3)C2=C(c2ccccc2)c2ccccc2)c2ccccc2)cc1. The van der Waals surface area contributed by atoms with E-state index in [1.165, 1.54) is 36.4 Å². The monoisotopic (exact) mass is 1740 g/mol. The Morgan fingerprint density at radius 3 is 0.440 bits per heavy atom. The maximum absolute atomic E-state index is 12.2. The molecule has 0 spiro atoms. The fraction of sp³-hybridized carbons (Fsp3) is 0. The van der Waals surface area contributed by atoms with Gasteiger partial charge in [-0.25, -0.2) is 60.6 Å². The average Bonchev–Trinajstić information content (AvgIpc) is 1.54. The van der Waals surface area contributed by atoms with Gasteiger partial charge in [0.1, 0.15) is 0 Å². The summed E-state index contributed by atoms with van der Waals surface area (Å²) in [7, 11) is 0. The molecule has 11 aromatic carbocycles. The number of allylic oxidation sites excluding steroid dienone is 13. The van der Waals surface area contributed by atoms with Crippen molar-refractivity contribution in [2.45, 2.75) is 0 Å². The molecule has 0 bridgehead atoms. The first-order chi connectivity index (χ1) is 65.0. The molecular weight excluding hydrogens is 1690 g/mol. The van der Waals surface area contributed by atoms with Crippen LogP contribution in [0.1, 0.15) is 55.6 Å². The van der Waals surface area contributed by atoms with Gasteiger partial charge < -0.3 is 0 Å². The topological polar surface area (TPSA) is 408 Å². The van der Waals surface area contributed by atoms with Gasteiger partial charge in [0, 0.05) is 11.1 Å². The smallest absolute Gasteiger partial charge is 0.281 e. The normalized spacial score (nSPS) is 14.3. The number of benzene rings is 10. The largest absolute Gasteiger partial charge is 0.291 e. The minimum Gasteiger partial charge on any atom is -0.291 e. The van der Waals surface area contributed by atoms with Crippen LogP contribution < -0.4 is 26.7 Å². The highest BCUT2D eigenvalue weighted by atomic mass is 16.2. The van der Waals surface area contributed by atoms with Crippen molar-refractivity contribution in [2.24, 2.45) is 0 Å². The number of nitrogens with zero attached hydrogens (tertiary/aromatic N) is 12. The average molecular weight is 1740 g/mol. The van der Waals surface area contributed by atoms with Crippen LogP contribution in [0.4, 0.5) is 0 Å². The predicted octanol–water partition coefficient (Wildman–Crippen LogP) is 13.3. The second-order valence-corrected chi connectivity index (χ2v) is 27.7. The summed E-state index contributed by atoms with van der Waals surface area (Å²) in [6, 6.07) is 119. The van der Waals surface area contributed by atoms with Crippen molar-refractivity contribution in [1.29, 1.82) is 31.6 Å². The van der Waals surface area contributed by atoms with E-state index >= 15 is 0 Å². The van der Waals surface area contributed by atoms with Crippen LogP contribution in [0.5, 0.6) is 0 Å². The summed E-state index contributed by atoms with van der Waals surface area (Å²) >= 11 is 0. The van der Waals surface area contributed by atoms with Crippen LogP contribution >= 0.6 is 0 Å². The zero-order valence-electron chi connectivity index (χ0n) is 68.9. The summed E-state index contributed by atoms with van der Waals surface area (Å²) in [5.41, 5.74) is 10.8. The lowest BCUT2D eigenvalue weighted by Gasteiger charge is -2.22. The third-order valence-electron chi connectivity index (χ3n) is 20.2. The first kappa shape index (κ1) is 93.3. The third-order valence-corrected chi connectivity index (χ3v) is 20.2. The first-order valence-corrected chi connectivity index (χ1v) is 39.0. The Labute approximate surface area is 760 Å². The van der Waals surface area contributed by atoms with Crippen LogP contribution in [0.15, 0.2) is 391 Å². The molecule has 4 aliphatic rings. The number of nitriles is 6. The molecule has 626 valence electrons. The van der Waals surface area contributed by atoms with E-state index in [4.69, 9.17) is 71.0 Å². The van der Waals surface area contributed by atoms with Gasteiger partial charge in [-0.15, -0.1) is 0 Å². The Balaban J connectivity index is 0.000000216. The van der Waals surface area contributed by atoms with Crippen LogP contribution in [0.2, 0.25) is 0 Å². The molecule has 134 heavy (non-hydrogen) atoms. The van der Waals surface area contributed by atoms with Gasteiger partial charge in [0.25, 0.3) is 74.7 Å². The van der Waals surface area contributed by atoms with Crippen LogP contribution in [0, 0.1) is 107 Å². The molecule has 0 aromatic heterocycles. The molecule has 4 saturated carbocycles. The second-order valence-electron chi connectivity index (χ2n) is 27.7. The molecule has 4 aliphatic carbocycles. The number of carbonyl (C=O) groups is 11. The molecule has 26 nitrogen and oxygen atoms in total. The molecule has 0 N–H and O–H groups in total. The zero-order valence-corrected chi connectivity index (χ0v) is 68.9. The maximum Gasteiger partial charge on any atom is 0.281 e. The fourth-order valence-electron chi connectivity index (χ4n) is 14.5. The lowest BCUT2D eigenvalue weighted by atomic mass is 9.80. The Morgan fingerprint density at radius 2 is 0.299 bits per heavy atom. The van der Waals surface area contributed by atoms with E-state index in [2.05, 4.69) is 332 Å². The highest BCUT2D eigenvalue weighted by Crippen LogP contribution is 2.60. The van der Waals surface area contributed by atoms with Gasteiger partial charge >= 0.3 is 0 Å². The Bertz CT molecular complexity index is 7000. The summed E-state index contributed by atoms with van der Waals surface area (Å²) in [6.07, 6.45) is 0. The standard InChI is InChI=1S/C70H50.C14N6O2.C11N4O3.C8N2O4.C5O5/c1-11-31-51(32-12-1)61(52-33-13-2-14-34-52)66-67(62(53-35-15-3-16-36-53)54-37-17-4-18-38-54)69(64(57-43-23-7-24-44-57)58-45-25-8-26-46-58)70(65(59-47-27-9-28-48-59)60-49-29-10-30-50-60)68(66)63(55-39-19-5-20-40-55)56-41-21-6-22-42-56;1-18-7(4-15)10-11(8(5-16)19-2)14(22)12(13(10)21)9(6-17)20-3;1-14-5(3-12)7-9(16)8(6(4-13)15-2)11(18)10(7)17;1-10-3(2-9)4-5(11)7(13)8(14)6(4)12;6-1-2(7)4(9)5(10)3(1)8/h1-50H;;;;/b;10-7-,11-8+,12-9?;7-5-,8-6-;;. The number of rotatable bonds is 10. The van der Waals surface area contributed by atoms with Gasteiger partial charge in [0.05, 0.1) is 97.4 Å². The number of Topliss-reactive ketones (excluding diaryl/α,β-unsaturated/α-hetero) is 11. The quantitative estimate of drug-likeness (QED) is 0.0403. The van der Waals surface area contributed by atoms with Gasteiger partial charge in [-0.2, -0.15) is 0 Å². The van der Waals surface area contributed by atoms with E-state index in [1.54, 1.807) is 0 Å². The molecule has 0 unspecified atom stereocenters. The minimum atomic E-state index is -1.52. The predicted molar refractivity (Wildman–Crippen MR) is 485 cm³/mol. The van der Waals surface area contributed by atoms with Crippen molar-refractivity contribution in [3.05, 3.63) is 542 Å². The summed E-state index contributed by atoms with van der Waals surface area (Å²) in [5.74, 6) is -15.7. The van der Waals surface area contributed by atoms with Gasteiger partial charge in [-0.1, -0.05) is 303 Å². The number of carbonyl (C=O) groups excluding carboxylic acids is 11. The Kier molecular flexibility index (Phi) is 29.8. The van der Waals surface area contributed by atoms with Crippen molar-refractivity contribution in [1.82, 2.24) is 0 Å². The lowest BCUT2D eigenvalue weighted by molar-refractivity contribution is -0.142. The summed E-state index contributed by atoms with van der Waals surface area (Å²) < 4.78 is 0. The van der Waals surface area contributed by atoms with E-state index in [0.29, 0.717) is 0 Å². The summed E-state index contributed by atoms with van der Waals surface area (Å²) in [5, 5.41) is 50.3. The van der Waals surface area contributed by atoms with Crippen LogP contribution in [0.25, 0.3) is 68.3 Å². The number of hydrogen-bond acceptors (Lipinski definition) is 20. The molecule has 26 heteroatoms. The zero-order chi connectivity index (χ0) is 96.4. The van der Waals surface area contributed by atoms with E-state index in [-0.39, 0.29) is 0 Å². The number of hydrogen-bond donors (Lipinski definition) is 0. The van der Waals surface area contributed by atoms with Crippen molar-refractivity contribution in [3.8, 4) is 36.4 Å². The van der Waals surface area contributed by atoms with Gasteiger partial charge in [0.2, 0.25) is 22.4 Å². The summed E-state index contributed by atoms with van der Waals surface area (Å²) in [6.45, 7) is 40.2. The van der Waals surface area contributed by atoms with Crippen LogP contribution in [-0.2, 0) is 52.7 Å². The van der Waals surface area contributed by atoms with Gasteiger partial charge in [-0.3, -0.25) is 67.1 Å². The Hall–Kier alpha value is -21.4. The van der Waals surface area contributed by atoms with E-state index in [1.807, 2.05) is 0 Å². The van der Waals surface area contributed by atoms with Gasteiger partial charge in [-0.05, 0) is 111 Å². The fourth-order valence-corrected chi connectivity index (χ4v) is 14.5. The minimum absolute atomic E-state index is 0.721. The van der Waals surface area contributed by atoms with E-state index < -0.39 is 147 Å². The van der Waals surface area contributed by atoms with Crippen LogP contribution in [-0.4, -0.2) is 63.6 Å². The second kappa shape index (κ2) is 42.8. The molecule has 4 fully saturated rings. The molecule has 0 saturated heterocycles. The van der Waals surface area contributed by atoms with Gasteiger partial charge in [0.15, 0.2) is 17.0 Å². The summed E-state index contributed by atoms with van der Waals surface area (Å²) in [4.78, 5) is 169. The molecule has 0 radical (unpaired) electrons. The van der Waals surface area contributed by atoms with Crippen LogP contribution in [0.3, 0.4) is 0 Å². The highest BCUT2D eigenvalue weighted by Gasteiger charge is 2.49. The molecular formula is C108H50N12O14. The lowest BCUT2D eigenvalue weighted by Crippen LogP contribution is -2.38. The Morgan fingerprint density at radius 1 is 0.164 bits per heavy atom. The molecule has 0 aliphatic heterocycles. The first-order valence-electron chi connectivity index (χ1n) is 39.0.